The van der Waals surface area contributed by atoms with Crippen LogP contribution in [-0.2, 0) is 0 Å². The lowest BCUT2D eigenvalue weighted by atomic mass is 9.97. The maximum absolute atomic E-state index is 6.01. The Morgan fingerprint density at radius 2 is 0.692 bits per heavy atom. The van der Waals surface area contributed by atoms with Crippen molar-refractivity contribution in [2.45, 2.75) is 155 Å². The van der Waals surface area contributed by atoms with Gasteiger partial charge in [0.2, 0.25) is 0 Å². The third kappa shape index (κ3) is 26.5. The molecule has 0 aromatic rings. The van der Waals surface area contributed by atoms with Crippen LogP contribution >= 0.6 is 12.4 Å². The van der Waals surface area contributed by atoms with Crippen LogP contribution in [0.2, 0.25) is 0 Å². The molecule has 0 radical (unpaired) electrons. The molecule has 2 N–H and O–H groups in total. The quantitative estimate of drug-likeness (QED) is 0.206. The molecular formula is C24H52ClN. The van der Waals surface area contributed by atoms with Crippen molar-refractivity contribution < 1.29 is 0 Å². The Kier molecular flexibility index (Phi) is 23.6. The van der Waals surface area contributed by atoms with Crippen LogP contribution < -0.4 is 5.73 Å². The van der Waals surface area contributed by atoms with Gasteiger partial charge in [-0.05, 0) is 20.3 Å². The molecule has 0 amide bonds. The minimum absolute atomic E-state index is 0. The Bertz CT molecular complexity index is 247. The van der Waals surface area contributed by atoms with Crippen LogP contribution in [-0.4, -0.2) is 5.54 Å². The van der Waals surface area contributed by atoms with Crippen LogP contribution in [0, 0.1) is 0 Å². The zero-order valence-corrected chi connectivity index (χ0v) is 19.4. The zero-order valence-electron chi connectivity index (χ0n) is 18.6. The van der Waals surface area contributed by atoms with Gasteiger partial charge in [-0.1, -0.05) is 129 Å². The van der Waals surface area contributed by atoms with E-state index in [0.717, 1.165) is 0 Å². The first-order chi connectivity index (χ1) is 12.1. The highest BCUT2D eigenvalue weighted by Gasteiger charge is 2.08. The third-order valence-corrected chi connectivity index (χ3v) is 5.42. The molecule has 0 rings (SSSR count). The Morgan fingerprint density at radius 3 is 0.923 bits per heavy atom. The standard InChI is InChI=1S/C24H51N.ClH/c1-4-5-6-7-8-9-10-11-12-13-14-15-16-17-18-19-20-21-22-23-24(2,3)25;/h4-23,25H2,1-3H3;1H. The topological polar surface area (TPSA) is 26.0 Å². The second-order valence-electron chi connectivity index (χ2n) is 9.10. The molecule has 0 unspecified atom stereocenters. The number of hydrogen-bond donors (Lipinski definition) is 1. The van der Waals surface area contributed by atoms with E-state index in [1.54, 1.807) is 0 Å². The van der Waals surface area contributed by atoms with Crippen molar-refractivity contribution in [3.63, 3.8) is 0 Å². The molecule has 160 valence electrons. The minimum atomic E-state index is 0. The first-order valence-electron chi connectivity index (χ1n) is 11.8. The van der Waals surface area contributed by atoms with E-state index in [2.05, 4.69) is 20.8 Å². The molecule has 0 fully saturated rings. The largest absolute Gasteiger partial charge is 0.326 e. The minimum Gasteiger partial charge on any atom is -0.326 e. The van der Waals surface area contributed by atoms with E-state index in [1.165, 1.54) is 128 Å². The molecule has 0 aliphatic carbocycles. The molecule has 0 saturated heterocycles. The Balaban J connectivity index is 0. The van der Waals surface area contributed by atoms with Crippen LogP contribution in [0.1, 0.15) is 149 Å². The summed E-state index contributed by atoms with van der Waals surface area (Å²) in [7, 11) is 0. The molecule has 26 heavy (non-hydrogen) atoms. The van der Waals surface area contributed by atoms with Gasteiger partial charge in [0, 0.05) is 5.54 Å². The maximum atomic E-state index is 6.01. The summed E-state index contributed by atoms with van der Waals surface area (Å²) in [6.45, 7) is 6.58. The average Bonchev–Trinajstić information content (AvgIpc) is 2.56. The SMILES string of the molecule is CCCCCCCCCCCCCCCCCCCCCC(C)(C)N.Cl. The number of halogens is 1. The first-order valence-corrected chi connectivity index (χ1v) is 11.8. The summed E-state index contributed by atoms with van der Waals surface area (Å²) in [6.07, 6.45) is 28.6. The lowest BCUT2D eigenvalue weighted by Crippen LogP contribution is -2.31. The van der Waals surface area contributed by atoms with Crippen LogP contribution in [0.5, 0.6) is 0 Å². The number of nitrogens with two attached hydrogens (primary N) is 1. The van der Waals surface area contributed by atoms with Crippen molar-refractivity contribution in [2.75, 3.05) is 0 Å². The van der Waals surface area contributed by atoms with Crippen molar-refractivity contribution in [2.24, 2.45) is 5.73 Å². The molecule has 0 bridgehead atoms. The molecule has 2 heteroatoms. The van der Waals surface area contributed by atoms with Crippen molar-refractivity contribution in [3.8, 4) is 0 Å². The molecule has 0 spiro atoms. The van der Waals surface area contributed by atoms with E-state index >= 15 is 0 Å². The van der Waals surface area contributed by atoms with Gasteiger partial charge in [0.15, 0.2) is 0 Å². The van der Waals surface area contributed by atoms with Crippen molar-refractivity contribution in [1.82, 2.24) is 0 Å². The maximum Gasteiger partial charge on any atom is 0.00970 e. The summed E-state index contributed by atoms with van der Waals surface area (Å²) in [6, 6.07) is 0. The molecule has 0 heterocycles. The predicted octanol–water partition coefficient (Wildman–Crippen LogP) is 8.97. The van der Waals surface area contributed by atoms with E-state index in [4.69, 9.17) is 5.73 Å². The van der Waals surface area contributed by atoms with Gasteiger partial charge in [-0.15, -0.1) is 12.4 Å². The highest BCUT2D eigenvalue weighted by molar-refractivity contribution is 5.85. The zero-order chi connectivity index (χ0) is 18.6. The Hall–Kier alpha value is 0.250. The number of unbranched alkanes of at least 4 members (excludes halogenated alkanes) is 18. The molecule has 0 aliphatic heterocycles. The lowest BCUT2D eigenvalue weighted by molar-refractivity contribution is 0.440. The molecule has 0 atom stereocenters. The van der Waals surface area contributed by atoms with Gasteiger partial charge in [-0.2, -0.15) is 0 Å². The summed E-state index contributed by atoms with van der Waals surface area (Å²) in [5, 5.41) is 0. The monoisotopic (exact) mass is 389 g/mol. The van der Waals surface area contributed by atoms with Crippen molar-refractivity contribution >= 4 is 12.4 Å². The van der Waals surface area contributed by atoms with Gasteiger partial charge in [-0.3, -0.25) is 0 Å². The molecule has 0 aromatic carbocycles. The van der Waals surface area contributed by atoms with Crippen LogP contribution in [0.3, 0.4) is 0 Å². The highest BCUT2D eigenvalue weighted by atomic mass is 35.5. The van der Waals surface area contributed by atoms with Gasteiger partial charge in [0.1, 0.15) is 0 Å². The molecule has 1 nitrogen and oxygen atoms in total. The van der Waals surface area contributed by atoms with Crippen LogP contribution in [0.4, 0.5) is 0 Å². The third-order valence-electron chi connectivity index (χ3n) is 5.42. The Morgan fingerprint density at radius 1 is 0.462 bits per heavy atom. The first kappa shape index (κ1) is 28.5. The summed E-state index contributed by atoms with van der Waals surface area (Å²) < 4.78 is 0. The molecule has 0 aromatic heterocycles. The summed E-state index contributed by atoms with van der Waals surface area (Å²) in [5.74, 6) is 0. The van der Waals surface area contributed by atoms with E-state index < -0.39 is 0 Å². The van der Waals surface area contributed by atoms with Crippen LogP contribution in [0.25, 0.3) is 0 Å². The number of rotatable bonds is 20. The highest BCUT2D eigenvalue weighted by Crippen LogP contribution is 2.16. The van der Waals surface area contributed by atoms with Gasteiger partial charge in [0.05, 0.1) is 0 Å². The smallest absolute Gasteiger partial charge is 0.00970 e. The summed E-state index contributed by atoms with van der Waals surface area (Å²) >= 11 is 0. The van der Waals surface area contributed by atoms with Crippen molar-refractivity contribution in [3.05, 3.63) is 0 Å². The number of hydrogen-bond acceptors (Lipinski definition) is 1. The average molecular weight is 390 g/mol. The van der Waals surface area contributed by atoms with Gasteiger partial charge >= 0.3 is 0 Å². The van der Waals surface area contributed by atoms with E-state index in [1.807, 2.05) is 0 Å². The van der Waals surface area contributed by atoms with Crippen molar-refractivity contribution in [1.29, 1.82) is 0 Å². The van der Waals surface area contributed by atoms with Crippen LogP contribution in [0.15, 0.2) is 0 Å². The Labute approximate surface area is 173 Å². The second kappa shape index (κ2) is 21.5. The summed E-state index contributed by atoms with van der Waals surface area (Å²) in [4.78, 5) is 0. The fourth-order valence-corrected chi connectivity index (χ4v) is 3.66. The molecule has 0 saturated carbocycles. The summed E-state index contributed by atoms with van der Waals surface area (Å²) in [5.41, 5.74) is 6.05. The fourth-order valence-electron chi connectivity index (χ4n) is 3.66. The molecular weight excluding hydrogens is 338 g/mol. The normalized spacial score (nSPS) is 11.5. The fraction of sp³-hybridized carbons (Fsp3) is 1.00. The van der Waals surface area contributed by atoms with E-state index in [-0.39, 0.29) is 17.9 Å². The lowest BCUT2D eigenvalue weighted by Gasteiger charge is -2.17. The van der Waals surface area contributed by atoms with E-state index in [9.17, 15) is 0 Å². The molecule has 0 aliphatic rings. The van der Waals surface area contributed by atoms with Gasteiger partial charge in [-0.25, -0.2) is 0 Å². The van der Waals surface area contributed by atoms with Gasteiger partial charge in [0.25, 0.3) is 0 Å². The van der Waals surface area contributed by atoms with E-state index in [0.29, 0.717) is 0 Å². The second-order valence-corrected chi connectivity index (χ2v) is 9.10. The van der Waals surface area contributed by atoms with Gasteiger partial charge < -0.3 is 5.73 Å². The predicted molar refractivity (Wildman–Crippen MR) is 124 cm³/mol.